The highest BCUT2D eigenvalue weighted by Gasteiger charge is 2.44. The normalized spacial score (nSPS) is 23.5. The molecular formula is C25H33NO2. The molecule has 1 aliphatic carbocycles. The fourth-order valence-corrected chi connectivity index (χ4v) is 4.43. The maximum Gasteiger partial charge on any atom is 0.119 e. The van der Waals surface area contributed by atoms with Gasteiger partial charge in [-0.15, -0.1) is 0 Å². The smallest absolute Gasteiger partial charge is 0.119 e. The van der Waals surface area contributed by atoms with Gasteiger partial charge < -0.3 is 14.7 Å². The molecule has 3 rings (SSSR count). The van der Waals surface area contributed by atoms with E-state index in [1.165, 1.54) is 11.1 Å². The van der Waals surface area contributed by atoms with E-state index in [1.54, 1.807) is 7.11 Å². The van der Waals surface area contributed by atoms with Crippen LogP contribution in [-0.2, 0) is 6.42 Å². The Morgan fingerprint density at radius 2 is 1.93 bits per heavy atom. The summed E-state index contributed by atoms with van der Waals surface area (Å²) in [6.45, 7) is 0.914. The third-order valence-corrected chi connectivity index (χ3v) is 5.88. The van der Waals surface area contributed by atoms with Crippen molar-refractivity contribution in [3.8, 4) is 5.75 Å². The van der Waals surface area contributed by atoms with Crippen LogP contribution in [0.15, 0.2) is 60.2 Å². The molecule has 3 nitrogen and oxygen atoms in total. The van der Waals surface area contributed by atoms with Crippen molar-refractivity contribution in [3.63, 3.8) is 0 Å². The highest BCUT2D eigenvalue weighted by atomic mass is 16.5. The minimum absolute atomic E-state index is 0.273. The minimum atomic E-state index is -0.734. The minimum Gasteiger partial charge on any atom is -0.497 e. The Labute approximate surface area is 169 Å². The molecule has 0 bridgehead atoms. The third-order valence-electron chi connectivity index (χ3n) is 5.88. The van der Waals surface area contributed by atoms with Gasteiger partial charge in [0.05, 0.1) is 12.7 Å². The largest absolute Gasteiger partial charge is 0.497 e. The van der Waals surface area contributed by atoms with Gasteiger partial charge in [0.1, 0.15) is 5.75 Å². The Hall–Kier alpha value is -2.10. The number of nitrogens with zero attached hydrogens (tertiary/aromatic N) is 1. The maximum atomic E-state index is 11.8. The first-order valence-electron chi connectivity index (χ1n) is 10.3. The van der Waals surface area contributed by atoms with Gasteiger partial charge in [0.15, 0.2) is 0 Å². The molecule has 2 unspecified atom stereocenters. The highest BCUT2D eigenvalue weighted by Crippen LogP contribution is 2.44. The number of rotatable bonds is 8. The zero-order chi connectivity index (χ0) is 20.0. The molecule has 0 radical (unpaired) electrons. The quantitative estimate of drug-likeness (QED) is 0.715. The van der Waals surface area contributed by atoms with Gasteiger partial charge in [-0.25, -0.2) is 0 Å². The molecule has 28 heavy (non-hydrogen) atoms. The first-order chi connectivity index (χ1) is 13.5. The maximum absolute atomic E-state index is 11.8. The van der Waals surface area contributed by atoms with E-state index in [4.69, 9.17) is 4.74 Å². The molecule has 2 aromatic rings. The SMILES string of the molecule is COc1cccc(/C=C2\CCC(CN(C)C)C2(O)CCCc2ccccc2)c1. The fourth-order valence-electron chi connectivity index (χ4n) is 4.43. The predicted octanol–water partition coefficient (Wildman–Crippen LogP) is 4.80. The second kappa shape index (κ2) is 9.40. The van der Waals surface area contributed by atoms with E-state index < -0.39 is 5.60 Å². The molecule has 1 N–H and O–H groups in total. The number of aryl methyl sites for hydroxylation is 1. The molecule has 150 valence electrons. The van der Waals surface area contributed by atoms with E-state index in [-0.39, 0.29) is 5.92 Å². The first kappa shape index (κ1) is 20.6. The van der Waals surface area contributed by atoms with Crippen molar-refractivity contribution >= 4 is 6.08 Å². The van der Waals surface area contributed by atoms with Crippen molar-refractivity contribution in [2.75, 3.05) is 27.7 Å². The number of benzene rings is 2. The summed E-state index contributed by atoms with van der Waals surface area (Å²) in [5.41, 5.74) is 2.87. The van der Waals surface area contributed by atoms with Gasteiger partial charge in [-0.2, -0.15) is 0 Å². The second-order valence-corrected chi connectivity index (χ2v) is 8.21. The van der Waals surface area contributed by atoms with E-state index in [0.717, 1.165) is 50.0 Å². The van der Waals surface area contributed by atoms with Crippen LogP contribution in [0.4, 0.5) is 0 Å². The fraction of sp³-hybridized carbons (Fsp3) is 0.440. The standard InChI is InChI=1S/C25H33NO2/c1-26(2)19-23-15-14-22(17-21-11-7-13-24(18-21)28-3)25(23,27)16-8-12-20-9-5-4-6-10-20/h4-7,9-11,13,17-18,23,27H,8,12,14-16,19H2,1-3H3/b22-17+. The van der Waals surface area contributed by atoms with Crippen molar-refractivity contribution in [2.45, 2.75) is 37.7 Å². The van der Waals surface area contributed by atoms with Crippen LogP contribution in [0.1, 0.15) is 36.8 Å². The van der Waals surface area contributed by atoms with Crippen LogP contribution in [0.2, 0.25) is 0 Å². The van der Waals surface area contributed by atoms with E-state index in [9.17, 15) is 5.11 Å². The average molecular weight is 380 g/mol. The molecule has 3 heteroatoms. The van der Waals surface area contributed by atoms with Gasteiger partial charge in [0.2, 0.25) is 0 Å². The molecule has 0 saturated heterocycles. The molecule has 0 aliphatic heterocycles. The summed E-state index contributed by atoms with van der Waals surface area (Å²) in [5.74, 6) is 1.12. The van der Waals surface area contributed by atoms with Crippen molar-refractivity contribution in [2.24, 2.45) is 5.92 Å². The van der Waals surface area contributed by atoms with E-state index in [0.29, 0.717) is 0 Å². The van der Waals surface area contributed by atoms with Gasteiger partial charge in [0, 0.05) is 12.5 Å². The van der Waals surface area contributed by atoms with Crippen LogP contribution in [0.5, 0.6) is 5.75 Å². The lowest BCUT2D eigenvalue weighted by Crippen LogP contribution is -2.40. The lowest BCUT2D eigenvalue weighted by atomic mass is 9.82. The van der Waals surface area contributed by atoms with Crippen LogP contribution in [-0.4, -0.2) is 43.4 Å². The van der Waals surface area contributed by atoms with E-state index in [2.05, 4.69) is 61.5 Å². The Kier molecular flexibility index (Phi) is 6.93. The molecular weight excluding hydrogens is 346 g/mol. The molecule has 0 aromatic heterocycles. The molecule has 2 aromatic carbocycles. The molecule has 1 aliphatic rings. The number of aliphatic hydroxyl groups is 1. The third kappa shape index (κ3) is 5.03. The summed E-state index contributed by atoms with van der Waals surface area (Å²) >= 11 is 0. The number of methoxy groups -OCH3 is 1. The molecule has 2 atom stereocenters. The molecule has 0 amide bonds. The Morgan fingerprint density at radius 3 is 2.64 bits per heavy atom. The van der Waals surface area contributed by atoms with Gasteiger partial charge in [-0.3, -0.25) is 0 Å². The summed E-state index contributed by atoms with van der Waals surface area (Å²) in [5, 5.41) is 11.8. The summed E-state index contributed by atoms with van der Waals surface area (Å²) in [6.07, 6.45) is 6.97. The predicted molar refractivity (Wildman–Crippen MR) is 117 cm³/mol. The molecule has 0 heterocycles. The number of hydrogen-bond acceptors (Lipinski definition) is 3. The van der Waals surface area contributed by atoms with Crippen LogP contribution < -0.4 is 4.74 Å². The lowest BCUT2D eigenvalue weighted by molar-refractivity contribution is 0.0161. The monoisotopic (exact) mass is 379 g/mol. The van der Waals surface area contributed by atoms with Crippen LogP contribution in [0, 0.1) is 5.92 Å². The summed E-state index contributed by atoms with van der Waals surface area (Å²) in [6, 6.07) is 18.6. The zero-order valence-corrected chi connectivity index (χ0v) is 17.4. The second-order valence-electron chi connectivity index (χ2n) is 8.21. The van der Waals surface area contributed by atoms with Gasteiger partial charge in [-0.1, -0.05) is 48.5 Å². The van der Waals surface area contributed by atoms with Crippen LogP contribution >= 0.6 is 0 Å². The van der Waals surface area contributed by atoms with Crippen LogP contribution in [0.3, 0.4) is 0 Å². The highest BCUT2D eigenvalue weighted by molar-refractivity contribution is 5.58. The summed E-state index contributed by atoms with van der Waals surface area (Å²) in [4.78, 5) is 2.20. The van der Waals surface area contributed by atoms with E-state index in [1.807, 2.05) is 18.2 Å². The van der Waals surface area contributed by atoms with Gasteiger partial charge in [-0.05, 0) is 75.0 Å². The Morgan fingerprint density at radius 1 is 1.14 bits per heavy atom. The summed E-state index contributed by atoms with van der Waals surface area (Å²) in [7, 11) is 5.87. The molecule has 1 saturated carbocycles. The number of ether oxygens (including phenoxy) is 1. The van der Waals surface area contributed by atoms with Gasteiger partial charge >= 0.3 is 0 Å². The van der Waals surface area contributed by atoms with Crippen molar-refractivity contribution in [1.82, 2.24) is 4.90 Å². The van der Waals surface area contributed by atoms with E-state index >= 15 is 0 Å². The average Bonchev–Trinajstić information content (AvgIpc) is 2.98. The Bertz CT molecular complexity index is 784. The van der Waals surface area contributed by atoms with Crippen LogP contribution in [0.25, 0.3) is 6.08 Å². The number of hydrogen-bond donors (Lipinski definition) is 1. The lowest BCUT2D eigenvalue weighted by Gasteiger charge is -2.33. The van der Waals surface area contributed by atoms with Gasteiger partial charge in [0.25, 0.3) is 0 Å². The Balaban J connectivity index is 1.80. The van der Waals surface area contributed by atoms with Crippen molar-refractivity contribution < 1.29 is 9.84 Å². The zero-order valence-electron chi connectivity index (χ0n) is 17.4. The topological polar surface area (TPSA) is 32.7 Å². The summed E-state index contributed by atoms with van der Waals surface area (Å²) < 4.78 is 5.36. The van der Waals surface area contributed by atoms with Crippen molar-refractivity contribution in [1.29, 1.82) is 0 Å². The molecule has 1 fully saturated rings. The van der Waals surface area contributed by atoms with Crippen molar-refractivity contribution in [3.05, 3.63) is 71.3 Å². The molecule has 0 spiro atoms. The first-order valence-corrected chi connectivity index (χ1v) is 10.3.